The van der Waals surface area contributed by atoms with Crippen LogP contribution in [0, 0.1) is 0 Å². The molecule has 0 aliphatic carbocycles. The fourth-order valence-electron chi connectivity index (χ4n) is 0.182. The fraction of sp³-hybridized carbons (Fsp3) is 0. The summed E-state index contributed by atoms with van der Waals surface area (Å²) in [5.74, 6) is 0. The van der Waals surface area contributed by atoms with E-state index in [1.807, 2.05) is 0 Å². The molecule has 0 N–H and O–H groups in total. The Labute approximate surface area is 80.0 Å². The van der Waals surface area contributed by atoms with Crippen LogP contribution in [-0.4, -0.2) is 12.2 Å². The summed E-state index contributed by atoms with van der Waals surface area (Å²) in [7, 11) is 0. The Kier molecular flexibility index (Phi) is 2.49. The standard InChI is InChI=1S/C2Cl4N2O2P/c3-11(4,5,6,7-1-9)8-2-10/q-1. The van der Waals surface area contributed by atoms with Gasteiger partial charge in [-0.15, -0.1) is 0 Å². The van der Waals surface area contributed by atoms with Gasteiger partial charge in [-0.2, -0.15) is 0 Å². The summed E-state index contributed by atoms with van der Waals surface area (Å²) in [5, 5.41) is 0. The fourth-order valence-corrected chi connectivity index (χ4v) is 1.29. The summed E-state index contributed by atoms with van der Waals surface area (Å²) in [6, 6.07) is 0. The molecule has 0 heterocycles. The van der Waals surface area contributed by atoms with E-state index in [1.54, 1.807) is 0 Å². The normalized spacial score (nSPS) is 16.7. The van der Waals surface area contributed by atoms with Crippen LogP contribution in [0.5, 0.6) is 0 Å². The number of nitrogens with zero attached hydrogens (tertiary/aromatic N) is 2. The maximum atomic E-state index is 9.72. The molecule has 0 unspecified atom stereocenters. The van der Waals surface area contributed by atoms with Crippen LogP contribution >= 0.6 is 48.6 Å². The average molecular weight is 257 g/mol. The van der Waals surface area contributed by atoms with Crippen LogP contribution in [-0.2, 0) is 9.59 Å². The predicted molar refractivity (Wildman–Crippen MR) is 46.6 cm³/mol. The summed E-state index contributed by atoms with van der Waals surface area (Å²) < 4.78 is -0.165. The SMILES string of the molecule is O=C=N[P-](Cl)(Cl)(Cl)(Cl)N=C=O. The van der Waals surface area contributed by atoms with E-state index in [0.717, 1.165) is 12.2 Å². The second kappa shape index (κ2) is 2.42. The predicted octanol–water partition coefficient (Wildman–Crippen LogP) is 3.19. The first-order valence-corrected chi connectivity index (χ1v) is 8.14. The topological polar surface area (TPSA) is 58.9 Å². The third kappa shape index (κ3) is 4.73. The third-order valence-corrected chi connectivity index (χ3v) is 3.23. The van der Waals surface area contributed by atoms with E-state index < -0.39 is 3.66 Å². The van der Waals surface area contributed by atoms with Crippen LogP contribution in [0.3, 0.4) is 0 Å². The van der Waals surface area contributed by atoms with Crippen molar-refractivity contribution in [1.82, 2.24) is 0 Å². The van der Waals surface area contributed by atoms with Gasteiger partial charge in [0.2, 0.25) is 0 Å². The molecule has 0 saturated carbocycles. The molecule has 0 aromatic heterocycles. The Morgan fingerprint density at radius 2 is 1.18 bits per heavy atom. The van der Waals surface area contributed by atoms with Gasteiger partial charge < -0.3 is 0 Å². The number of halogens is 4. The van der Waals surface area contributed by atoms with Crippen LogP contribution < -0.4 is 0 Å². The molecular formula is C2Cl4N2O2P-. The van der Waals surface area contributed by atoms with Crippen molar-refractivity contribution in [1.29, 1.82) is 0 Å². The summed E-state index contributed by atoms with van der Waals surface area (Å²) in [5.41, 5.74) is 0. The Bertz CT molecular complexity index is 256. The molecule has 0 rings (SSSR count). The Morgan fingerprint density at radius 1 is 0.909 bits per heavy atom. The van der Waals surface area contributed by atoms with E-state index in [2.05, 4.69) is 9.53 Å². The first kappa shape index (κ1) is 11.4. The van der Waals surface area contributed by atoms with E-state index in [9.17, 15) is 9.59 Å². The van der Waals surface area contributed by atoms with Gasteiger partial charge in [-0.05, 0) is 0 Å². The molecule has 0 fully saturated rings. The van der Waals surface area contributed by atoms with Gasteiger partial charge in [0.25, 0.3) is 0 Å². The van der Waals surface area contributed by atoms with Crippen LogP contribution in [0.15, 0.2) is 9.53 Å². The molecule has 9 heteroatoms. The zero-order chi connectivity index (χ0) is 9.24. The first-order valence-electron chi connectivity index (χ1n) is 1.93. The molecule has 0 saturated heterocycles. The molecule has 0 spiro atoms. The van der Waals surface area contributed by atoms with E-state index >= 15 is 0 Å². The number of carbonyl (C=O) groups excluding carboxylic acids is 2. The number of rotatable bonds is 2. The van der Waals surface area contributed by atoms with Crippen LogP contribution in [0.4, 0.5) is 0 Å². The zero-order valence-electron chi connectivity index (χ0n) is 4.67. The van der Waals surface area contributed by atoms with Crippen LogP contribution in [0.2, 0.25) is 0 Å². The van der Waals surface area contributed by atoms with Gasteiger partial charge in [0, 0.05) is 0 Å². The van der Waals surface area contributed by atoms with E-state index in [4.69, 9.17) is 45.0 Å². The summed E-state index contributed by atoms with van der Waals surface area (Å²) in [4.78, 5) is 19.4. The minimum absolute atomic E-state index is 0.909. The van der Waals surface area contributed by atoms with Gasteiger partial charge in [-0.1, -0.05) is 0 Å². The van der Waals surface area contributed by atoms with E-state index in [-0.39, 0.29) is 0 Å². The quantitative estimate of drug-likeness (QED) is 0.433. The van der Waals surface area contributed by atoms with Crippen molar-refractivity contribution in [3.8, 4) is 0 Å². The summed E-state index contributed by atoms with van der Waals surface area (Å²) in [6.07, 6.45) is 1.82. The minimum atomic E-state index is -5.51. The van der Waals surface area contributed by atoms with E-state index in [1.165, 1.54) is 0 Å². The summed E-state index contributed by atoms with van der Waals surface area (Å²) in [6.45, 7) is 0. The number of hydrogen-bond acceptors (Lipinski definition) is 4. The molecule has 0 aliphatic rings. The Balaban J connectivity index is 5.54. The van der Waals surface area contributed by atoms with Crippen molar-refractivity contribution in [2.45, 2.75) is 0 Å². The average Bonchev–Trinajstić information content (AvgIpc) is 1.59. The van der Waals surface area contributed by atoms with E-state index in [0.29, 0.717) is 0 Å². The van der Waals surface area contributed by atoms with Gasteiger partial charge in [0.15, 0.2) is 0 Å². The molecule has 0 atom stereocenters. The number of isocyanates is 2. The van der Waals surface area contributed by atoms with Crippen molar-refractivity contribution in [2.75, 3.05) is 0 Å². The van der Waals surface area contributed by atoms with Gasteiger partial charge in [-0.25, -0.2) is 0 Å². The molecule has 0 aliphatic heterocycles. The van der Waals surface area contributed by atoms with Gasteiger partial charge >= 0.3 is 79.9 Å². The van der Waals surface area contributed by atoms with Gasteiger partial charge in [0.05, 0.1) is 0 Å². The molecule has 64 valence electrons. The molecule has 0 aromatic carbocycles. The second-order valence-electron chi connectivity index (χ2n) is 1.46. The van der Waals surface area contributed by atoms with Crippen molar-refractivity contribution >= 4 is 60.8 Å². The maximum absolute atomic E-state index is 9.72. The van der Waals surface area contributed by atoms with Crippen molar-refractivity contribution in [3.63, 3.8) is 0 Å². The second-order valence-corrected chi connectivity index (χ2v) is 16.8. The van der Waals surface area contributed by atoms with Crippen molar-refractivity contribution in [3.05, 3.63) is 0 Å². The number of hydrogen-bond donors (Lipinski definition) is 0. The van der Waals surface area contributed by atoms with Crippen LogP contribution in [0.1, 0.15) is 0 Å². The zero-order valence-corrected chi connectivity index (χ0v) is 8.59. The Hall–Kier alpha value is 0.350. The monoisotopic (exact) mass is 255 g/mol. The molecule has 0 aromatic rings. The molecule has 0 radical (unpaired) electrons. The third-order valence-electron chi connectivity index (χ3n) is 0.473. The van der Waals surface area contributed by atoms with Crippen molar-refractivity contribution in [2.24, 2.45) is 9.53 Å². The molecule has 4 nitrogen and oxygen atoms in total. The molecular weight excluding hydrogens is 257 g/mol. The molecule has 0 bridgehead atoms. The van der Waals surface area contributed by atoms with Gasteiger partial charge in [-0.3, -0.25) is 0 Å². The Morgan fingerprint density at radius 3 is 1.36 bits per heavy atom. The molecule has 0 amide bonds. The van der Waals surface area contributed by atoms with Crippen LogP contribution in [0.25, 0.3) is 0 Å². The van der Waals surface area contributed by atoms with Gasteiger partial charge in [0.1, 0.15) is 0 Å². The van der Waals surface area contributed by atoms with Crippen molar-refractivity contribution < 1.29 is 9.59 Å². The first-order chi connectivity index (χ1) is 4.62. The summed E-state index contributed by atoms with van der Waals surface area (Å²) >= 11 is 20.9. The molecule has 11 heavy (non-hydrogen) atoms.